The van der Waals surface area contributed by atoms with Gasteiger partial charge in [0.25, 0.3) is 0 Å². The standard InChI is InChI=1S/C17H14O4/c1-10-14(18)7-6-13-15(19)9-16(21-17(10)13)11-4-3-5-12(8-11)20-2/h3-9,18H,1-2H3. The topological polar surface area (TPSA) is 59.7 Å². The van der Waals surface area contributed by atoms with Crippen LogP contribution in [-0.4, -0.2) is 12.2 Å². The highest BCUT2D eigenvalue weighted by Crippen LogP contribution is 2.29. The first-order valence-corrected chi connectivity index (χ1v) is 6.51. The van der Waals surface area contributed by atoms with Crippen LogP contribution in [0.1, 0.15) is 5.56 Å². The number of phenols is 1. The largest absolute Gasteiger partial charge is 0.508 e. The van der Waals surface area contributed by atoms with Gasteiger partial charge in [0.05, 0.1) is 12.5 Å². The van der Waals surface area contributed by atoms with Crippen LogP contribution in [0.5, 0.6) is 11.5 Å². The third-order valence-electron chi connectivity index (χ3n) is 3.47. The second kappa shape index (κ2) is 4.98. The monoisotopic (exact) mass is 282 g/mol. The average Bonchev–Trinajstić information content (AvgIpc) is 2.51. The number of aryl methyl sites for hydroxylation is 1. The number of fused-ring (bicyclic) bond motifs is 1. The van der Waals surface area contributed by atoms with Crippen molar-refractivity contribution in [2.45, 2.75) is 6.92 Å². The van der Waals surface area contributed by atoms with Crippen LogP contribution in [-0.2, 0) is 0 Å². The summed E-state index contributed by atoms with van der Waals surface area (Å²) in [6.07, 6.45) is 0. The first-order chi connectivity index (χ1) is 10.1. The van der Waals surface area contributed by atoms with Crippen molar-refractivity contribution in [2.24, 2.45) is 0 Å². The molecule has 2 aromatic carbocycles. The van der Waals surface area contributed by atoms with Gasteiger partial charge in [-0.05, 0) is 31.2 Å². The SMILES string of the molecule is COc1cccc(-c2cc(=O)c3ccc(O)c(C)c3o2)c1. The molecule has 0 saturated carbocycles. The van der Waals surface area contributed by atoms with Gasteiger partial charge in [0.1, 0.15) is 22.8 Å². The predicted octanol–water partition coefficient (Wildman–Crippen LogP) is 3.48. The Morgan fingerprint density at radius 3 is 2.71 bits per heavy atom. The molecule has 4 heteroatoms. The van der Waals surface area contributed by atoms with E-state index in [0.29, 0.717) is 28.0 Å². The molecule has 3 aromatic rings. The van der Waals surface area contributed by atoms with Gasteiger partial charge in [0.2, 0.25) is 0 Å². The molecule has 1 heterocycles. The van der Waals surface area contributed by atoms with Crippen LogP contribution in [0, 0.1) is 6.92 Å². The molecule has 106 valence electrons. The van der Waals surface area contributed by atoms with Crippen LogP contribution >= 0.6 is 0 Å². The highest BCUT2D eigenvalue weighted by Gasteiger charge is 2.11. The molecule has 0 spiro atoms. The Morgan fingerprint density at radius 1 is 1.14 bits per heavy atom. The van der Waals surface area contributed by atoms with Gasteiger partial charge >= 0.3 is 0 Å². The molecule has 0 amide bonds. The van der Waals surface area contributed by atoms with Gasteiger partial charge in [0, 0.05) is 17.2 Å². The van der Waals surface area contributed by atoms with Crippen LogP contribution in [0.4, 0.5) is 0 Å². The number of aromatic hydroxyl groups is 1. The van der Waals surface area contributed by atoms with E-state index >= 15 is 0 Å². The number of ether oxygens (including phenoxy) is 1. The molecule has 0 aliphatic carbocycles. The molecule has 1 aromatic heterocycles. The molecule has 0 aliphatic heterocycles. The molecule has 0 saturated heterocycles. The number of hydrogen-bond donors (Lipinski definition) is 1. The molecule has 3 rings (SSSR count). The molecule has 0 unspecified atom stereocenters. The maximum absolute atomic E-state index is 12.2. The Morgan fingerprint density at radius 2 is 1.95 bits per heavy atom. The van der Waals surface area contributed by atoms with Gasteiger partial charge in [-0.25, -0.2) is 0 Å². The minimum Gasteiger partial charge on any atom is -0.508 e. The third-order valence-corrected chi connectivity index (χ3v) is 3.47. The zero-order valence-corrected chi connectivity index (χ0v) is 11.7. The van der Waals surface area contributed by atoms with Gasteiger partial charge in [-0.1, -0.05) is 12.1 Å². The lowest BCUT2D eigenvalue weighted by atomic mass is 10.1. The van der Waals surface area contributed by atoms with Gasteiger partial charge in [-0.15, -0.1) is 0 Å². The van der Waals surface area contributed by atoms with Gasteiger partial charge in [-0.3, -0.25) is 4.79 Å². The van der Waals surface area contributed by atoms with Gasteiger partial charge in [0.15, 0.2) is 5.43 Å². The van der Waals surface area contributed by atoms with Crippen molar-refractivity contribution in [3.8, 4) is 22.8 Å². The first kappa shape index (κ1) is 13.2. The highest BCUT2D eigenvalue weighted by atomic mass is 16.5. The fourth-order valence-corrected chi connectivity index (χ4v) is 2.26. The zero-order valence-electron chi connectivity index (χ0n) is 11.7. The Labute approximate surface area is 121 Å². The fourth-order valence-electron chi connectivity index (χ4n) is 2.26. The lowest BCUT2D eigenvalue weighted by molar-refractivity contribution is 0.415. The quantitative estimate of drug-likeness (QED) is 0.781. The van der Waals surface area contributed by atoms with Crippen molar-refractivity contribution >= 4 is 11.0 Å². The second-order valence-corrected chi connectivity index (χ2v) is 4.79. The van der Waals surface area contributed by atoms with E-state index in [1.165, 1.54) is 12.1 Å². The van der Waals surface area contributed by atoms with E-state index in [1.54, 1.807) is 26.2 Å². The Bertz CT molecular complexity index is 878. The number of rotatable bonds is 2. The summed E-state index contributed by atoms with van der Waals surface area (Å²) >= 11 is 0. The van der Waals surface area contributed by atoms with E-state index < -0.39 is 0 Å². The number of methoxy groups -OCH3 is 1. The van der Waals surface area contributed by atoms with E-state index in [2.05, 4.69) is 0 Å². The molecule has 0 atom stereocenters. The molecule has 21 heavy (non-hydrogen) atoms. The summed E-state index contributed by atoms with van der Waals surface area (Å²) in [6.45, 7) is 1.72. The first-order valence-electron chi connectivity index (χ1n) is 6.51. The fraction of sp³-hybridized carbons (Fsp3) is 0.118. The van der Waals surface area contributed by atoms with E-state index in [1.807, 2.05) is 18.2 Å². The molecule has 4 nitrogen and oxygen atoms in total. The zero-order chi connectivity index (χ0) is 15.0. The van der Waals surface area contributed by atoms with Crippen molar-refractivity contribution in [3.05, 3.63) is 58.3 Å². The smallest absolute Gasteiger partial charge is 0.193 e. The Balaban J connectivity index is 2.29. The Hall–Kier alpha value is -2.75. The molecule has 0 fully saturated rings. The molecular weight excluding hydrogens is 268 g/mol. The minimum absolute atomic E-state index is 0.105. The van der Waals surface area contributed by atoms with E-state index in [9.17, 15) is 9.90 Å². The molecule has 0 radical (unpaired) electrons. The van der Waals surface area contributed by atoms with Crippen molar-refractivity contribution in [1.82, 2.24) is 0 Å². The summed E-state index contributed by atoms with van der Waals surface area (Å²) in [7, 11) is 1.58. The normalized spacial score (nSPS) is 10.8. The number of phenolic OH excluding ortho intramolecular Hbond substituents is 1. The van der Waals surface area contributed by atoms with Gasteiger partial charge < -0.3 is 14.3 Å². The van der Waals surface area contributed by atoms with Crippen LogP contribution in [0.2, 0.25) is 0 Å². The Kier molecular flexibility index (Phi) is 3.14. The van der Waals surface area contributed by atoms with Crippen LogP contribution < -0.4 is 10.2 Å². The molecule has 0 aliphatic rings. The maximum Gasteiger partial charge on any atom is 0.193 e. The molecular formula is C17H14O4. The average molecular weight is 282 g/mol. The third kappa shape index (κ3) is 2.25. The second-order valence-electron chi connectivity index (χ2n) is 4.79. The molecule has 1 N–H and O–H groups in total. The summed E-state index contributed by atoms with van der Waals surface area (Å²) < 4.78 is 11.0. The van der Waals surface area contributed by atoms with E-state index in [4.69, 9.17) is 9.15 Å². The maximum atomic E-state index is 12.2. The predicted molar refractivity (Wildman–Crippen MR) is 80.9 cm³/mol. The summed E-state index contributed by atoms with van der Waals surface area (Å²) in [6, 6.07) is 11.8. The van der Waals surface area contributed by atoms with Gasteiger partial charge in [-0.2, -0.15) is 0 Å². The summed E-state index contributed by atoms with van der Waals surface area (Å²) in [5, 5.41) is 10.2. The van der Waals surface area contributed by atoms with E-state index in [0.717, 1.165) is 5.56 Å². The minimum atomic E-state index is -0.142. The lowest BCUT2D eigenvalue weighted by Gasteiger charge is -2.07. The van der Waals surface area contributed by atoms with Crippen molar-refractivity contribution in [3.63, 3.8) is 0 Å². The highest BCUT2D eigenvalue weighted by molar-refractivity contribution is 5.83. The molecule has 0 bridgehead atoms. The number of hydrogen-bond acceptors (Lipinski definition) is 4. The van der Waals surface area contributed by atoms with Crippen LogP contribution in [0.15, 0.2) is 51.7 Å². The van der Waals surface area contributed by atoms with E-state index in [-0.39, 0.29) is 11.2 Å². The van der Waals surface area contributed by atoms with Crippen molar-refractivity contribution in [2.75, 3.05) is 7.11 Å². The number of benzene rings is 2. The van der Waals surface area contributed by atoms with Crippen molar-refractivity contribution < 1.29 is 14.3 Å². The lowest BCUT2D eigenvalue weighted by Crippen LogP contribution is -2.01. The van der Waals surface area contributed by atoms with Crippen molar-refractivity contribution in [1.29, 1.82) is 0 Å². The van der Waals surface area contributed by atoms with Crippen LogP contribution in [0.3, 0.4) is 0 Å². The summed E-state index contributed by atoms with van der Waals surface area (Å²) in [5.41, 5.74) is 1.56. The summed E-state index contributed by atoms with van der Waals surface area (Å²) in [5.74, 6) is 1.23. The van der Waals surface area contributed by atoms with Crippen LogP contribution in [0.25, 0.3) is 22.3 Å². The summed E-state index contributed by atoms with van der Waals surface area (Å²) in [4.78, 5) is 12.2.